The number of aryl methyl sites for hydroxylation is 1. The first-order valence-electron chi connectivity index (χ1n) is 10.6. The van der Waals surface area contributed by atoms with Crippen LogP contribution in [0.15, 0.2) is 66.3 Å². The number of benzene rings is 2. The highest BCUT2D eigenvalue weighted by Crippen LogP contribution is 2.28. The van der Waals surface area contributed by atoms with Gasteiger partial charge in [0.15, 0.2) is 0 Å². The number of thiazole rings is 1. The third-order valence-electron chi connectivity index (χ3n) is 5.03. The maximum atomic E-state index is 13.2. The van der Waals surface area contributed by atoms with Crippen LogP contribution in [-0.4, -0.2) is 33.7 Å². The highest BCUT2D eigenvalue weighted by molar-refractivity contribution is 7.13. The van der Waals surface area contributed by atoms with E-state index in [2.05, 4.69) is 15.3 Å². The van der Waals surface area contributed by atoms with Crippen LogP contribution >= 0.6 is 11.3 Å². The lowest BCUT2D eigenvalue weighted by Crippen LogP contribution is -2.31. The number of nitrogens with one attached hydrogen (secondary N) is 1. The van der Waals surface area contributed by atoms with Crippen molar-refractivity contribution in [2.45, 2.75) is 26.0 Å². The van der Waals surface area contributed by atoms with Crippen LogP contribution in [0.25, 0.3) is 10.6 Å². The number of carbonyl (C=O) groups excluding carboxylic acids is 1. The number of aromatic nitrogens is 3. The van der Waals surface area contributed by atoms with E-state index < -0.39 is 6.04 Å². The molecule has 4 rings (SSSR count). The van der Waals surface area contributed by atoms with Gasteiger partial charge in [0.2, 0.25) is 0 Å². The first kappa shape index (κ1) is 22.5. The van der Waals surface area contributed by atoms with Gasteiger partial charge in [-0.1, -0.05) is 12.1 Å². The van der Waals surface area contributed by atoms with Gasteiger partial charge < -0.3 is 19.4 Å². The summed E-state index contributed by atoms with van der Waals surface area (Å²) in [5, 5.41) is 5.62. The predicted octanol–water partition coefficient (Wildman–Crippen LogP) is 4.86. The van der Waals surface area contributed by atoms with E-state index in [-0.39, 0.29) is 12.0 Å². The molecule has 1 unspecified atom stereocenters. The van der Waals surface area contributed by atoms with Crippen LogP contribution in [0.4, 0.5) is 0 Å². The minimum Gasteiger partial charge on any atom is -0.497 e. The lowest BCUT2D eigenvalue weighted by molar-refractivity contribution is 0.0937. The zero-order valence-corrected chi connectivity index (χ0v) is 19.8. The van der Waals surface area contributed by atoms with Crippen LogP contribution in [0, 0.1) is 0 Å². The second kappa shape index (κ2) is 9.87. The van der Waals surface area contributed by atoms with Crippen LogP contribution < -0.4 is 14.8 Å². The number of ether oxygens (including phenoxy) is 2. The SMILES string of the molecule is COc1cccc(C(NC(=O)c2csc(-c3ccc(OC(C)C)cc3)n2)c2nccn2C)c1. The molecule has 1 N–H and O–H groups in total. The summed E-state index contributed by atoms with van der Waals surface area (Å²) in [6.45, 7) is 3.98. The number of methoxy groups -OCH3 is 1. The minimum atomic E-state index is -0.454. The van der Waals surface area contributed by atoms with E-state index >= 15 is 0 Å². The second-order valence-corrected chi connectivity index (χ2v) is 8.67. The summed E-state index contributed by atoms with van der Waals surface area (Å²) in [5.74, 6) is 1.96. The maximum Gasteiger partial charge on any atom is 0.271 e. The van der Waals surface area contributed by atoms with Crippen molar-refractivity contribution in [3.63, 3.8) is 0 Å². The van der Waals surface area contributed by atoms with Crippen LogP contribution in [0.3, 0.4) is 0 Å². The van der Waals surface area contributed by atoms with Gasteiger partial charge in [-0.05, 0) is 55.8 Å². The molecule has 2 aromatic carbocycles. The molecule has 1 amide bonds. The van der Waals surface area contributed by atoms with Crippen LogP contribution in [0.5, 0.6) is 11.5 Å². The van der Waals surface area contributed by atoms with E-state index in [1.807, 2.05) is 80.2 Å². The molecular formula is C25H26N4O3S. The van der Waals surface area contributed by atoms with Crippen LogP contribution in [-0.2, 0) is 7.05 Å². The average molecular weight is 463 g/mol. The molecule has 0 spiro atoms. The van der Waals surface area contributed by atoms with Crippen molar-refractivity contribution in [1.82, 2.24) is 19.9 Å². The fraction of sp³-hybridized carbons (Fsp3) is 0.240. The highest BCUT2D eigenvalue weighted by Gasteiger charge is 2.23. The molecule has 170 valence electrons. The highest BCUT2D eigenvalue weighted by atomic mass is 32.1. The molecule has 2 aromatic heterocycles. The number of carbonyl (C=O) groups is 1. The Morgan fingerprint density at radius 1 is 1.12 bits per heavy atom. The zero-order chi connectivity index (χ0) is 23.4. The lowest BCUT2D eigenvalue weighted by Gasteiger charge is -2.19. The van der Waals surface area contributed by atoms with Crippen molar-refractivity contribution in [2.24, 2.45) is 7.05 Å². The Balaban J connectivity index is 1.56. The second-order valence-electron chi connectivity index (χ2n) is 7.81. The molecule has 0 fully saturated rings. The van der Waals surface area contributed by atoms with E-state index in [0.29, 0.717) is 17.3 Å². The number of hydrogen-bond acceptors (Lipinski definition) is 6. The smallest absolute Gasteiger partial charge is 0.271 e. The molecule has 0 saturated carbocycles. The van der Waals surface area contributed by atoms with Gasteiger partial charge in [0, 0.05) is 30.4 Å². The van der Waals surface area contributed by atoms with Crippen molar-refractivity contribution >= 4 is 17.2 Å². The third-order valence-corrected chi connectivity index (χ3v) is 5.92. The molecule has 0 bridgehead atoms. The van der Waals surface area contributed by atoms with Gasteiger partial charge in [-0.2, -0.15) is 0 Å². The zero-order valence-electron chi connectivity index (χ0n) is 19.0. The van der Waals surface area contributed by atoms with Crippen molar-refractivity contribution in [3.05, 3.63) is 83.4 Å². The number of rotatable bonds is 8. The van der Waals surface area contributed by atoms with Crippen LogP contribution in [0.2, 0.25) is 0 Å². The van der Waals surface area contributed by atoms with Crippen molar-refractivity contribution in [3.8, 4) is 22.1 Å². The average Bonchev–Trinajstić information content (AvgIpc) is 3.47. The van der Waals surface area contributed by atoms with Crippen molar-refractivity contribution in [1.29, 1.82) is 0 Å². The molecule has 7 nitrogen and oxygen atoms in total. The topological polar surface area (TPSA) is 78.3 Å². The summed E-state index contributed by atoms with van der Waals surface area (Å²) >= 11 is 1.43. The molecule has 0 aliphatic rings. The number of imidazole rings is 1. The number of hydrogen-bond donors (Lipinski definition) is 1. The number of amides is 1. The lowest BCUT2D eigenvalue weighted by atomic mass is 10.1. The molecular weight excluding hydrogens is 436 g/mol. The third kappa shape index (κ3) is 5.23. The molecule has 0 aliphatic heterocycles. The van der Waals surface area contributed by atoms with Gasteiger partial charge in [0.25, 0.3) is 5.91 Å². The Kier molecular flexibility index (Phi) is 6.74. The standard InChI is InChI=1S/C25H26N4O3S/c1-16(2)32-19-10-8-17(9-11-19)25-27-21(15-33-25)24(30)28-22(23-26-12-13-29(23)3)18-6-5-7-20(14-18)31-4/h5-16,22H,1-4H3,(H,28,30). The Morgan fingerprint density at radius 3 is 2.58 bits per heavy atom. The summed E-state index contributed by atoms with van der Waals surface area (Å²) in [4.78, 5) is 22.2. The fourth-order valence-corrected chi connectivity index (χ4v) is 4.24. The Morgan fingerprint density at radius 2 is 1.91 bits per heavy atom. The van der Waals surface area contributed by atoms with Crippen LogP contribution in [0.1, 0.15) is 41.8 Å². The number of nitrogens with zero attached hydrogens (tertiary/aromatic N) is 3. The van der Waals surface area contributed by atoms with E-state index in [1.54, 1.807) is 18.7 Å². The summed E-state index contributed by atoms with van der Waals surface area (Å²) in [7, 11) is 3.51. The molecule has 2 heterocycles. The van der Waals surface area contributed by atoms with E-state index in [1.165, 1.54) is 11.3 Å². The molecule has 33 heavy (non-hydrogen) atoms. The molecule has 1 atom stereocenters. The molecule has 4 aromatic rings. The van der Waals surface area contributed by atoms with Gasteiger partial charge in [-0.15, -0.1) is 11.3 Å². The molecule has 0 aliphatic carbocycles. The van der Waals surface area contributed by atoms with Gasteiger partial charge >= 0.3 is 0 Å². The predicted molar refractivity (Wildman–Crippen MR) is 129 cm³/mol. The van der Waals surface area contributed by atoms with E-state index in [4.69, 9.17) is 9.47 Å². The first-order valence-corrected chi connectivity index (χ1v) is 11.5. The van der Waals surface area contributed by atoms with Crippen molar-refractivity contribution in [2.75, 3.05) is 7.11 Å². The minimum absolute atomic E-state index is 0.113. The van der Waals surface area contributed by atoms with Crippen molar-refractivity contribution < 1.29 is 14.3 Å². The van der Waals surface area contributed by atoms with Gasteiger partial charge in [-0.25, -0.2) is 9.97 Å². The van der Waals surface area contributed by atoms with Gasteiger partial charge in [0.05, 0.1) is 13.2 Å². The monoisotopic (exact) mass is 462 g/mol. The normalized spacial score (nSPS) is 11.9. The summed E-state index contributed by atoms with van der Waals surface area (Å²) in [6, 6.07) is 14.9. The Bertz CT molecular complexity index is 1230. The van der Waals surface area contributed by atoms with Gasteiger partial charge in [0.1, 0.15) is 34.1 Å². The Labute approximate surface area is 197 Å². The fourth-order valence-electron chi connectivity index (χ4n) is 3.44. The summed E-state index contributed by atoms with van der Waals surface area (Å²) < 4.78 is 12.9. The quantitative estimate of drug-likeness (QED) is 0.405. The molecule has 0 saturated heterocycles. The Hall–Kier alpha value is -3.65. The van der Waals surface area contributed by atoms with E-state index in [0.717, 1.165) is 21.9 Å². The maximum absolute atomic E-state index is 13.2. The molecule has 0 radical (unpaired) electrons. The first-order chi connectivity index (χ1) is 15.9. The summed E-state index contributed by atoms with van der Waals surface area (Å²) in [6.07, 6.45) is 3.67. The van der Waals surface area contributed by atoms with E-state index in [9.17, 15) is 4.79 Å². The summed E-state index contributed by atoms with van der Waals surface area (Å²) in [5.41, 5.74) is 2.16. The largest absolute Gasteiger partial charge is 0.497 e. The molecule has 8 heteroatoms. The van der Waals surface area contributed by atoms with Gasteiger partial charge in [-0.3, -0.25) is 4.79 Å².